The predicted octanol–water partition coefficient (Wildman–Crippen LogP) is 4.13. The van der Waals surface area contributed by atoms with Crippen molar-refractivity contribution in [1.29, 1.82) is 0 Å². The zero-order chi connectivity index (χ0) is 14.3. The van der Waals surface area contributed by atoms with Gasteiger partial charge in [0.25, 0.3) is 5.91 Å². The van der Waals surface area contributed by atoms with Crippen molar-refractivity contribution >= 4 is 17.5 Å². The fraction of sp³-hybridized carbons (Fsp3) is 0.533. The van der Waals surface area contributed by atoms with Crippen molar-refractivity contribution in [2.24, 2.45) is 0 Å². The van der Waals surface area contributed by atoms with Crippen molar-refractivity contribution in [1.82, 2.24) is 5.32 Å². The van der Waals surface area contributed by atoms with Crippen molar-refractivity contribution in [3.63, 3.8) is 0 Å². The summed E-state index contributed by atoms with van der Waals surface area (Å²) in [4.78, 5) is 12.0. The smallest absolute Gasteiger partial charge is 0.251 e. The Balaban J connectivity index is 2.43. The molecule has 2 N–H and O–H groups in total. The van der Waals surface area contributed by atoms with Gasteiger partial charge in [-0.15, -0.1) is 0 Å². The summed E-state index contributed by atoms with van der Waals surface area (Å²) in [6.07, 6.45) is 5.78. The molecule has 19 heavy (non-hydrogen) atoms. The van der Waals surface area contributed by atoms with E-state index in [1.807, 2.05) is 6.92 Å². The van der Waals surface area contributed by atoms with Crippen LogP contribution in [-0.2, 0) is 0 Å². The van der Waals surface area contributed by atoms with Crippen LogP contribution in [0.1, 0.15) is 56.3 Å². The lowest BCUT2D eigenvalue weighted by Gasteiger charge is -2.14. The molecule has 4 heteroatoms. The second-order valence-corrected chi connectivity index (χ2v) is 5.30. The highest BCUT2D eigenvalue weighted by molar-refractivity contribution is 6.32. The van der Waals surface area contributed by atoms with Gasteiger partial charge in [0.2, 0.25) is 0 Å². The van der Waals surface area contributed by atoms with Crippen molar-refractivity contribution in [2.75, 3.05) is 0 Å². The van der Waals surface area contributed by atoms with Crippen LogP contribution in [0.15, 0.2) is 18.2 Å². The summed E-state index contributed by atoms with van der Waals surface area (Å²) in [6, 6.07) is 4.64. The lowest BCUT2D eigenvalue weighted by atomic mass is 10.1. The number of carbonyl (C=O) groups is 1. The van der Waals surface area contributed by atoms with Crippen LogP contribution >= 0.6 is 11.6 Å². The fourth-order valence-corrected chi connectivity index (χ4v) is 2.09. The average Bonchev–Trinajstić information content (AvgIpc) is 2.38. The van der Waals surface area contributed by atoms with Crippen LogP contribution in [0.4, 0.5) is 0 Å². The van der Waals surface area contributed by atoms with Gasteiger partial charge in [-0.2, -0.15) is 0 Å². The van der Waals surface area contributed by atoms with Gasteiger partial charge in [-0.3, -0.25) is 4.79 Å². The third-order valence-corrected chi connectivity index (χ3v) is 3.38. The quantitative estimate of drug-likeness (QED) is 0.739. The molecule has 0 aliphatic rings. The molecule has 0 saturated carbocycles. The first-order valence-electron chi connectivity index (χ1n) is 6.84. The fourth-order valence-electron chi connectivity index (χ4n) is 1.90. The Morgan fingerprint density at radius 1 is 1.37 bits per heavy atom. The van der Waals surface area contributed by atoms with Crippen molar-refractivity contribution in [3.05, 3.63) is 28.8 Å². The minimum Gasteiger partial charge on any atom is -0.506 e. The normalized spacial score (nSPS) is 12.2. The predicted molar refractivity (Wildman–Crippen MR) is 78.8 cm³/mol. The maximum atomic E-state index is 12.0. The molecule has 1 amide bonds. The van der Waals surface area contributed by atoms with Gasteiger partial charge in [0, 0.05) is 11.6 Å². The first-order chi connectivity index (χ1) is 9.04. The highest BCUT2D eigenvalue weighted by Gasteiger charge is 2.11. The third-order valence-electron chi connectivity index (χ3n) is 3.08. The third kappa shape index (κ3) is 5.52. The van der Waals surface area contributed by atoms with Crippen LogP contribution in [0.2, 0.25) is 5.02 Å². The van der Waals surface area contributed by atoms with E-state index in [1.165, 1.54) is 31.4 Å². The summed E-state index contributed by atoms with van der Waals surface area (Å²) < 4.78 is 0. The molecule has 1 aromatic carbocycles. The minimum absolute atomic E-state index is 0.00849. The summed E-state index contributed by atoms with van der Waals surface area (Å²) >= 11 is 5.78. The average molecular weight is 284 g/mol. The topological polar surface area (TPSA) is 49.3 Å². The largest absolute Gasteiger partial charge is 0.506 e. The molecule has 1 unspecified atom stereocenters. The Morgan fingerprint density at radius 2 is 2.11 bits per heavy atom. The number of phenolic OH excluding ortho intramolecular Hbond substituents is 1. The van der Waals surface area contributed by atoms with Crippen molar-refractivity contribution in [2.45, 2.75) is 52.0 Å². The standard InChI is InChI=1S/C15H22ClNO2/c1-3-4-5-6-7-11(2)17-15(19)12-8-9-14(18)13(16)10-12/h8-11,18H,3-7H2,1-2H3,(H,17,19). The second-order valence-electron chi connectivity index (χ2n) is 4.89. The van der Waals surface area contributed by atoms with Gasteiger partial charge in [0.1, 0.15) is 5.75 Å². The van der Waals surface area contributed by atoms with Crippen molar-refractivity contribution < 1.29 is 9.90 Å². The molecule has 0 heterocycles. The van der Waals surface area contributed by atoms with Gasteiger partial charge >= 0.3 is 0 Å². The Morgan fingerprint density at radius 3 is 2.74 bits per heavy atom. The number of rotatable bonds is 7. The number of amides is 1. The van der Waals surface area contributed by atoms with Gasteiger partial charge in [0.05, 0.1) is 5.02 Å². The van der Waals surface area contributed by atoms with Crippen LogP contribution in [0.3, 0.4) is 0 Å². The van der Waals surface area contributed by atoms with E-state index in [1.54, 1.807) is 6.07 Å². The Labute approximate surface area is 120 Å². The molecule has 0 bridgehead atoms. The molecule has 1 atom stereocenters. The lowest BCUT2D eigenvalue weighted by molar-refractivity contribution is 0.0938. The number of benzene rings is 1. The van der Waals surface area contributed by atoms with Crippen LogP contribution in [0.5, 0.6) is 5.75 Å². The van der Waals surface area contributed by atoms with E-state index in [2.05, 4.69) is 12.2 Å². The van der Waals surface area contributed by atoms with E-state index in [0.29, 0.717) is 5.56 Å². The number of hydrogen-bond donors (Lipinski definition) is 2. The number of carbonyl (C=O) groups excluding carboxylic acids is 1. The molecule has 0 spiro atoms. The Hall–Kier alpha value is -1.22. The molecule has 1 rings (SSSR count). The van der Waals surface area contributed by atoms with Crippen LogP contribution < -0.4 is 5.32 Å². The molecule has 0 saturated heterocycles. The molecular weight excluding hydrogens is 262 g/mol. The molecule has 0 aliphatic heterocycles. The highest BCUT2D eigenvalue weighted by Crippen LogP contribution is 2.23. The number of halogens is 1. The Bertz CT molecular complexity index is 421. The van der Waals surface area contributed by atoms with E-state index in [-0.39, 0.29) is 22.7 Å². The summed E-state index contributed by atoms with van der Waals surface area (Å²) in [5.41, 5.74) is 0.475. The van der Waals surface area contributed by atoms with Crippen molar-refractivity contribution in [3.8, 4) is 5.75 Å². The van der Waals surface area contributed by atoms with Gasteiger partial charge < -0.3 is 10.4 Å². The van der Waals surface area contributed by atoms with E-state index in [9.17, 15) is 9.90 Å². The maximum absolute atomic E-state index is 12.0. The minimum atomic E-state index is -0.148. The number of hydrogen-bond acceptors (Lipinski definition) is 2. The monoisotopic (exact) mass is 283 g/mol. The van der Waals surface area contributed by atoms with Gasteiger partial charge in [0.15, 0.2) is 0 Å². The first kappa shape index (κ1) is 15.8. The summed E-state index contributed by atoms with van der Waals surface area (Å²) in [5.74, 6) is -0.157. The number of aromatic hydroxyl groups is 1. The molecule has 0 radical (unpaired) electrons. The summed E-state index contributed by atoms with van der Waals surface area (Å²) in [6.45, 7) is 4.19. The summed E-state index contributed by atoms with van der Waals surface area (Å²) in [5, 5.41) is 12.4. The van der Waals surface area contributed by atoms with E-state index in [0.717, 1.165) is 12.8 Å². The molecular formula is C15H22ClNO2. The van der Waals surface area contributed by atoms with Gasteiger partial charge in [-0.05, 0) is 31.5 Å². The van der Waals surface area contributed by atoms with Crippen LogP contribution in [0, 0.1) is 0 Å². The summed E-state index contributed by atoms with van der Waals surface area (Å²) in [7, 11) is 0. The molecule has 106 valence electrons. The number of phenols is 1. The van der Waals surface area contributed by atoms with Crippen LogP contribution in [-0.4, -0.2) is 17.1 Å². The van der Waals surface area contributed by atoms with Gasteiger partial charge in [-0.1, -0.05) is 44.2 Å². The van der Waals surface area contributed by atoms with E-state index < -0.39 is 0 Å². The molecule has 0 fully saturated rings. The molecule has 0 aromatic heterocycles. The highest BCUT2D eigenvalue weighted by atomic mass is 35.5. The molecule has 3 nitrogen and oxygen atoms in total. The first-order valence-corrected chi connectivity index (χ1v) is 7.21. The maximum Gasteiger partial charge on any atom is 0.251 e. The zero-order valence-corrected chi connectivity index (χ0v) is 12.3. The molecule has 0 aliphatic carbocycles. The lowest BCUT2D eigenvalue weighted by Crippen LogP contribution is -2.32. The second kappa shape index (κ2) is 8.05. The molecule has 1 aromatic rings. The van der Waals surface area contributed by atoms with Gasteiger partial charge in [-0.25, -0.2) is 0 Å². The SMILES string of the molecule is CCCCCCC(C)NC(=O)c1ccc(O)c(Cl)c1. The number of unbranched alkanes of at least 4 members (excludes halogenated alkanes) is 3. The number of nitrogens with one attached hydrogen (secondary N) is 1. The zero-order valence-electron chi connectivity index (χ0n) is 11.6. The van der Waals surface area contributed by atoms with E-state index in [4.69, 9.17) is 11.6 Å². The van der Waals surface area contributed by atoms with E-state index >= 15 is 0 Å². The Kier molecular flexibility index (Phi) is 6.71. The van der Waals surface area contributed by atoms with Crippen LogP contribution in [0.25, 0.3) is 0 Å².